The number of thiophene rings is 1. The van der Waals surface area contributed by atoms with Crippen LogP contribution in [0.5, 0.6) is 0 Å². The third kappa shape index (κ3) is 2.46. The quantitative estimate of drug-likeness (QED) is 0.602. The van der Waals surface area contributed by atoms with Crippen molar-refractivity contribution in [2.75, 3.05) is 0 Å². The van der Waals surface area contributed by atoms with Gasteiger partial charge in [0.25, 0.3) is 0 Å². The van der Waals surface area contributed by atoms with E-state index >= 15 is 0 Å². The van der Waals surface area contributed by atoms with Gasteiger partial charge in [-0.1, -0.05) is 0 Å². The molecule has 0 bridgehead atoms. The zero-order valence-electron chi connectivity index (χ0n) is 9.18. The van der Waals surface area contributed by atoms with Crippen molar-refractivity contribution in [2.45, 2.75) is 6.92 Å². The molecule has 0 N–H and O–H groups in total. The van der Waals surface area contributed by atoms with Gasteiger partial charge >= 0.3 is 0 Å². The highest BCUT2D eigenvalue weighted by Crippen LogP contribution is 2.16. The lowest BCUT2D eigenvalue weighted by molar-refractivity contribution is 0.104. The Balaban J connectivity index is 2.10. The van der Waals surface area contributed by atoms with Crippen LogP contribution < -0.4 is 0 Å². The Morgan fingerprint density at radius 2 is 2.25 bits per heavy atom. The normalized spacial score (nSPS) is 11.1. The summed E-state index contributed by atoms with van der Waals surface area (Å²) in [6.07, 6.45) is 5.15. The molecule has 0 saturated carbocycles. The van der Waals surface area contributed by atoms with Crippen molar-refractivity contribution in [3.8, 4) is 0 Å². The summed E-state index contributed by atoms with van der Waals surface area (Å²) in [4.78, 5) is 14.0. The van der Waals surface area contributed by atoms with Gasteiger partial charge in [-0.25, -0.2) is 0 Å². The van der Waals surface area contributed by atoms with E-state index in [9.17, 15) is 4.79 Å². The molecule has 0 aliphatic heterocycles. The van der Waals surface area contributed by atoms with Crippen LogP contribution in [0.25, 0.3) is 6.08 Å². The van der Waals surface area contributed by atoms with Gasteiger partial charge in [-0.15, -0.1) is 11.3 Å². The summed E-state index contributed by atoms with van der Waals surface area (Å²) in [5.74, 6) is -0.0633. The second kappa shape index (κ2) is 4.45. The standard InChI is InChI=1S/C12H12N2OS/c1-9-3-4-10(16-9)5-6-12(15)11-7-8-14(2)13-11/h3-8H,1-2H3/b6-5+. The fourth-order valence-electron chi connectivity index (χ4n) is 1.33. The molecule has 0 unspecified atom stereocenters. The first kappa shape index (κ1) is 10.8. The molecule has 82 valence electrons. The Kier molecular flexibility index (Phi) is 3.01. The van der Waals surface area contributed by atoms with E-state index in [1.165, 1.54) is 4.88 Å². The number of nitrogens with zero attached hydrogens (tertiary/aromatic N) is 2. The molecule has 2 aromatic heterocycles. The van der Waals surface area contributed by atoms with Crippen molar-refractivity contribution >= 4 is 23.2 Å². The second-order valence-electron chi connectivity index (χ2n) is 3.52. The molecule has 3 nitrogen and oxygen atoms in total. The summed E-state index contributed by atoms with van der Waals surface area (Å²) in [6, 6.07) is 5.75. The maximum Gasteiger partial charge on any atom is 0.206 e. The largest absolute Gasteiger partial charge is 0.287 e. The molecular weight excluding hydrogens is 220 g/mol. The van der Waals surface area contributed by atoms with Crippen LogP contribution in [0, 0.1) is 6.92 Å². The smallest absolute Gasteiger partial charge is 0.206 e. The highest BCUT2D eigenvalue weighted by Gasteiger charge is 2.04. The van der Waals surface area contributed by atoms with Gasteiger partial charge in [0.1, 0.15) is 5.69 Å². The van der Waals surface area contributed by atoms with Gasteiger partial charge in [0, 0.05) is 23.0 Å². The highest BCUT2D eigenvalue weighted by atomic mass is 32.1. The molecule has 0 saturated heterocycles. The first-order valence-corrected chi connectivity index (χ1v) is 5.75. The molecular formula is C12H12N2OS. The fourth-order valence-corrected chi connectivity index (χ4v) is 2.11. The lowest BCUT2D eigenvalue weighted by Crippen LogP contribution is -1.97. The van der Waals surface area contributed by atoms with E-state index in [0.29, 0.717) is 5.69 Å². The van der Waals surface area contributed by atoms with Gasteiger partial charge in [0.15, 0.2) is 0 Å². The van der Waals surface area contributed by atoms with E-state index in [1.807, 2.05) is 25.1 Å². The molecule has 0 aliphatic rings. The van der Waals surface area contributed by atoms with E-state index in [4.69, 9.17) is 0 Å². The summed E-state index contributed by atoms with van der Waals surface area (Å²) in [6.45, 7) is 2.04. The number of carbonyl (C=O) groups is 1. The third-order valence-electron chi connectivity index (χ3n) is 2.13. The van der Waals surface area contributed by atoms with Crippen molar-refractivity contribution in [3.05, 3.63) is 45.9 Å². The molecule has 0 amide bonds. The van der Waals surface area contributed by atoms with E-state index in [0.717, 1.165) is 4.88 Å². The van der Waals surface area contributed by atoms with Crippen LogP contribution in [0.4, 0.5) is 0 Å². The van der Waals surface area contributed by atoms with E-state index in [1.54, 1.807) is 41.4 Å². The minimum atomic E-state index is -0.0633. The Morgan fingerprint density at radius 1 is 1.44 bits per heavy atom. The lowest BCUT2D eigenvalue weighted by Gasteiger charge is -1.88. The van der Waals surface area contributed by atoms with Crippen LogP contribution in [0.15, 0.2) is 30.5 Å². The van der Waals surface area contributed by atoms with Crippen LogP contribution >= 0.6 is 11.3 Å². The van der Waals surface area contributed by atoms with Gasteiger partial charge in [-0.05, 0) is 37.3 Å². The number of hydrogen-bond acceptors (Lipinski definition) is 3. The molecule has 2 rings (SSSR count). The van der Waals surface area contributed by atoms with Crippen LogP contribution in [0.1, 0.15) is 20.2 Å². The summed E-state index contributed by atoms with van der Waals surface area (Å²) < 4.78 is 1.62. The Morgan fingerprint density at radius 3 is 2.81 bits per heavy atom. The van der Waals surface area contributed by atoms with Gasteiger partial charge in [0.05, 0.1) is 0 Å². The van der Waals surface area contributed by atoms with Crippen molar-refractivity contribution in [3.63, 3.8) is 0 Å². The first-order chi connectivity index (χ1) is 7.65. The van der Waals surface area contributed by atoms with Crippen LogP contribution in [-0.2, 0) is 7.05 Å². The molecule has 4 heteroatoms. The molecule has 2 heterocycles. The van der Waals surface area contributed by atoms with Crippen LogP contribution in [-0.4, -0.2) is 15.6 Å². The van der Waals surface area contributed by atoms with Crippen molar-refractivity contribution < 1.29 is 4.79 Å². The van der Waals surface area contributed by atoms with E-state index in [-0.39, 0.29) is 5.78 Å². The van der Waals surface area contributed by atoms with Gasteiger partial charge in [-0.3, -0.25) is 9.48 Å². The first-order valence-electron chi connectivity index (χ1n) is 4.93. The maximum absolute atomic E-state index is 11.7. The molecule has 0 aromatic carbocycles. The number of carbonyl (C=O) groups excluding carboxylic acids is 1. The Bertz CT molecular complexity index is 537. The average Bonchev–Trinajstić information content (AvgIpc) is 2.84. The molecule has 0 fully saturated rings. The highest BCUT2D eigenvalue weighted by molar-refractivity contribution is 7.12. The van der Waals surface area contributed by atoms with Gasteiger partial charge in [0.2, 0.25) is 5.78 Å². The predicted octanol–water partition coefficient (Wildman–Crippen LogP) is 2.69. The monoisotopic (exact) mass is 232 g/mol. The van der Waals surface area contributed by atoms with Crippen molar-refractivity contribution in [2.24, 2.45) is 7.05 Å². The van der Waals surface area contributed by atoms with Crippen molar-refractivity contribution in [1.29, 1.82) is 0 Å². The van der Waals surface area contributed by atoms with Crippen molar-refractivity contribution in [1.82, 2.24) is 9.78 Å². The molecule has 2 aromatic rings. The summed E-state index contributed by atoms with van der Waals surface area (Å²) in [7, 11) is 1.79. The minimum absolute atomic E-state index is 0.0633. The number of hydrogen-bond donors (Lipinski definition) is 0. The molecule has 0 aliphatic carbocycles. The number of aromatic nitrogens is 2. The third-order valence-corrected chi connectivity index (χ3v) is 3.09. The SMILES string of the molecule is Cc1ccc(/C=C/C(=O)c2ccn(C)n2)s1. The number of allylic oxidation sites excluding steroid dienone is 1. The zero-order chi connectivity index (χ0) is 11.5. The lowest BCUT2D eigenvalue weighted by atomic mass is 10.2. The number of aryl methyl sites for hydroxylation is 2. The van der Waals surface area contributed by atoms with Gasteiger partial charge < -0.3 is 0 Å². The molecule has 0 atom stereocenters. The number of ketones is 1. The minimum Gasteiger partial charge on any atom is -0.287 e. The van der Waals surface area contributed by atoms with E-state index < -0.39 is 0 Å². The maximum atomic E-state index is 11.7. The topological polar surface area (TPSA) is 34.9 Å². The molecule has 16 heavy (non-hydrogen) atoms. The summed E-state index contributed by atoms with van der Waals surface area (Å²) in [5.41, 5.74) is 0.479. The van der Waals surface area contributed by atoms with E-state index in [2.05, 4.69) is 5.10 Å². The van der Waals surface area contributed by atoms with Crippen LogP contribution in [0.2, 0.25) is 0 Å². The Labute approximate surface area is 98.0 Å². The van der Waals surface area contributed by atoms with Gasteiger partial charge in [-0.2, -0.15) is 5.10 Å². The Hall–Kier alpha value is -1.68. The molecule has 0 radical (unpaired) electrons. The fraction of sp³-hybridized carbons (Fsp3) is 0.167. The second-order valence-corrected chi connectivity index (χ2v) is 4.84. The summed E-state index contributed by atoms with van der Waals surface area (Å²) in [5, 5.41) is 4.05. The average molecular weight is 232 g/mol. The zero-order valence-corrected chi connectivity index (χ0v) is 9.99. The summed E-state index contributed by atoms with van der Waals surface area (Å²) >= 11 is 1.67. The number of rotatable bonds is 3. The van der Waals surface area contributed by atoms with Crippen LogP contribution in [0.3, 0.4) is 0 Å². The molecule has 0 spiro atoms. The predicted molar refractivity (Wildman–Crippen MR) is 65.6 cm³/mol.